The van der Waals surface area contributed by atoms with E-state index in [0.29, 0.717) is 10.5 Å². The van der Waals surface area contributed by atoms with Gasteiger partial charge in [-0.3, -0.25) is 14.9 Å². The molecule has 3 rings (SSSR count). The summed E-state index contributed by atoms with van der Waals surface area (Å²) in [6, 6.07) is 7.00. The van der Waals surface area contributed by atoms with Gasteiger partial charge in [-0.05, 0) is 31.2 Å². The predicted molar refractivity (Wildman–Crippen MR) is 112 cm³/mol. The lowest BCUT2D eigenvalue weighted by Gasteiger charge is -2.14. The minimum atomic E-state index is -0.609. The lowest BCUT2D eigenvalue weighted by atomic mass is 10.1. The lowest BCUT2D eigenvalue weighted by Crippen LogP contribution is -2.11. The smallest absolute Gasteiger partial charge is 0.311 e. The Hall–Kier alpha value is -4.28. The molecule has 1 N–H and O–H groups in total. The summed E-state index contributed by atoms with van der Waals surface area (Å²) in [5.41, 5.74) is 0.188. The summed E-state index contributed by atoms with van der Waals surface area (Å²) in [5, 5.41) is 22.1. The second kappa shape index (κ2) is 8.84. The number of rotatable bonds is 8. The zero-order valence-electron chi connectivity index (χ0n) is 18.0. The van der Waals surface area contributed by atoms with E-state index in [9.17, 15) is 20.1 Å². The summed E-state index contributed by atoms with van der Waals surface area (Å²) in [6.45, 7) is 1.54. The molecule has 0 aliphatic rings. The summed E-state index contributed by atoms with van der Waals surface area (Å²) < 4.78 is 21.4. The summed E-state index contributed by atoms with van der Waals surface area (Å²) in [4.78, 5) is 28.2. The van der Waals surface area contributed by atoms with E-state index in [4.69, 9.17) is 18.9 Å². The van der Waals surface area contributed by atoms with Gasteiger partial charge in [0.15, 0.2) is 28.8 Å². The van der Waals surface area contributed by atoms with Crippen LogP contribution in [0.3, 0.4) is 0 Å². The highest BCUT2D eigenvalue weighted by Gasteiger charge is 2.26. The van der Waals surface area contributed by atoms with Crippen molar-refractivity contribution in [3.8, 4) is 34.4 Å². The highest BCUT2D eigenvalue weighted by atomic mass is 16.6. The fraction of sp³-hybridized carbons (Fsp3) is 0.238. The maximum atomic E-state index is 13.2. The predicted octanol–water partition coefficient (Wildman–Crippen LogP) is 3.27. The molecule has 1 aromatic heterocycles. The maximum Gasteiger partial charge on any atom is 0.311 e. The number of nitro groups is 1. The van der Waals surface area contributed by atoms with E-state index in [1.165, 1.54) is 58.8 Å². The van der Waals surface area contributed by atoms with Crippen molar-refractivity contribution in [2.24, 2.45) is 0 Å². The van der Waals surface area contributed by atoms with Gasteiger partial charge < -0.3 is 24.2 Å². The molecule has 11 heteroatoms. The molecule has 0 spiro atoms. The lowest BCUT2D eigenvalue weighted by molar-refractivity contribution is -0.385. The molecule has 168 valence electrons. The third-order valence-corrected chi connectivity index (χ3v) is 4.80. The van der Waals surface area contributed by atoms with Gasteiger partial charge in [-0.1, -0.05) is 0 Å². The molecule has 0 aliphatic carbocycles. The Bertz CT molecular complexity index is 1180. The van der Waals surface area contributed by atoms with Gasteiger partial charge in [0.05, 0.1) is 39.1 Å². The average Bonchev–Trinajstić information content (AvgIpc) is 3.10. The van der Waals surface area contributed by atoms with Crippen molar-refractivity contribution in [2.75, 3.05) is 28.4 Å². The second-order valence-electron chi connectivity index (χ2n) is 6.57. The topological polar surface area (TPSA) is 135 Å². The number of methoxy groups -OCH3 is 4. The normalized spacial score (nSPS) is 10.5. The van der Waals surface area contributed by atoms with Gasteiger partial charge in [0, 0.05) is 17.2 Å². The third kappa shape index (κ3) is 3.75. The molecule has 0 saturated carbocycles. The molecule has 0 fully saturated rings. The third-order valence-electron chi connectivity index (χ3n) is 4.80. The number of hydrogen-bond acceptors (Lipinski definition) is 9. The molecule has 3 aromatic rings. The first kappa shape index (κ1) is 22.4. The van der Waals surface area contributed by atoms with Gasteiger partial charge in [-0.25, -0.2) is 4.98 Å². The molecule has 0 radical (unpaired) electrons. The number of aryl methyl sites for hydroxylation is 1. The summed E-state index contributed by atoms with van der Waals surface area (Å²) in [5.74, 6) is 0.299. The number of aromatic nitrogens is 2. The Labute approximate surface area is 182 Å². The van der Waals surface area contributed by atoms with Crippen LogP contribution in [0.1, 0.15) is 21.7 Å². The monoisotopic (exact) mass is 443 g/mol. The zero-order chi connectivity index (χ0) is 23.6. The molecule has 0 unspecified atom stereocenters. The number of ether oxygens (including phenoxy) is 4. The quantitative estimate of drug-likeness (QED) is 0.241. The van der Waals surface area contributed by atoms with E-state index in [2.05, 4.69) is 4.98 Å². The maximum absolute atomic E-state index is 13.2. The highest BCUT2D eigenvalue weighted by molar-refractivity contribution is 6.09. The van der Waals surface area contributed by atoms with Crippen molar-refractivity contribution < 1.29 is 33.9 Å². The van der Waals surface area contributed by atoms with Crippen molar-refractivity contribution in [2.45, 2.75) is 6.92 Å². The van der Waals surface area contributed by atoms with Crippen LogP contribution in [0.25, 0.3) is 11.4 Å². The standard InChI is InChI=1S/C21H21N3O8/c1-11-18(19(25)13-9-16(30-3)20(32-5)17(10-13)31-4)23(26)21(22-11)12-6-7-15(29-2)14(8-12)24(27)28/h6-10,26H,1-5H3. The first-order valence-electron chi connectivity index (χ1n) is 9.23. The molecular formula is C21H21N3O8. The fourth-order valence-electron chi connectivity index (χ4n) is 3.29. The van der Waals surface area contributed by atoms with E-state index < -0.39 is 10.7 Å². The molecule has 0 bridgehead atoms. The summed E-state index contributed by atoms with van der Waals surface area (Å²) in [7, 11) is 5.59. The molecule has 32 heavy (non-hydrogen) atoms. The number of benzene rings is 2. The molecule has 1 heterocycles. The Morgan fingerprint density at radius 2 is 1.59 bits per heavy atom. The van der Waals surface area contributed by atoms with Crippen molar-refractivity contribution >= 4 is 11.5 Å². The van der Waals surface area contributed by atoms with E-state index in [1.54, 1.807) is 6.92 Å². The van der Waals surface area contributed by atoms with Gasteiger partial charge in [-0.2, -0.15) is 4.73 Å². The number of nitro benzene ring substituents is 1. The number of ketones is 1. The van der Waals surface area contributed by atoms with Crippen LogP contribution in [-0.4, -0.2) is 54.1 Å². The van der Waals surface area contributed by atoms with Crippen LogP contribution in [0.4, 0.5) is 5.69 Å². The Morgan fingerprint density at radius 1 is 1.00 bits per heavy atom. The fourth-order valence-corrected chi connectivity index (χ4v) is 3.29. The van der Waals surface area contributed by atoms with Gasteiger partial charge in [0.2, 0.25) is 11.5 Å². The zero-order valence-corrected chi connectivity index (χ0v) is 18.0. The second-order valence-corrected chi connectivity index (χ2v) is 6.57. The van der Waals surface area contributed by atoms with Crippen molar-refractivity contribution in [3.63, 3.8) is 0 Å². The van der Waals surface area contributed by atoms with Crippen LogP contribution in [0.5, 0.6) is 23.0 Å². The van der Waals surface area contributed by atoms with Crippen LogP contribution in [0.15, 0.2) is 30.3 Å². The number of nitrogens with zero attached hydrogens (tertiary/aromatic N) is 3. The summed E-state index contributed by atoms with van der Waals surface area (Å²) in [6.07, 6.45) is 0. The van der Waals surface area contributed by atoms with Crippen molar-refractivity contribution in [3.05, 3.63) is 57.4 Å². The SMILES string of the molecule is COc1ccc(-c2nc(C)c(C(=O)c3cc(OC)c(OC)c(OC)c3)n2O)cc1[N+](=O)[O-]. The van der Waals surface area contributed by atoms with Crippen LogP contribution in [0.2, 0.25) is 0 Å². The van der Waals surface area contributed by atoms with Crippen molar-refractivity contribution in [1.29, 1.82) is 0 Å². The van der Waals surface area contributed by atoms with E-state index in [-0.39, 0.29) is 51.3 Å². The van der Waals surface area contributed by atoms with Gasteiger partial charge in [-0.15, -0.1) is 0 Å². The van der Waals surface area contributed by atoms with E-state index in [0.717, 1.165) is 0 Å². The molecular weight excluding hydrogens is 422 g/mol. The Kier molecular flexibility index (Phi) is 6.19. The van der Waals surface area contributed by atoms with Crippen molar-refractivity contribution in [1.82, 2.24) is 9.71 Å². The molecule has 0 atom stereocenters. The number of hydrogen-bond donors (Lipinski definition) is 1. The minimum absolute atomic E-state index is 0.0379. The molecule has 0 saturated heterocycles. The first-order valence-corrected chi connectivity index (χ1v) is 9.23. The Morgan fingerprint density at radius 3 is 2.09 bits per heavy atom. The molecule has 2 aromatic carbocycles. The largest absolute Gasteiger partial charge is 0.493 e. The Balaban J connectivity index is 2.12. The van der Waals surface area contributed by atoms with Gasteiger partial charge in [0.25, 0.3) is 0 Å². The molecule has 0 aliphatic heterocycles. The molecule has 0 amide bonds. The van der Waals surface area contributed by atoms with E-state index in [1.807, 2.05) is 0 Å². The van der Waals surface area contributed by atoms with E-state index >= 15 is 0 Å². The number of carbonyl (C=O) groups excluding carboxylic acids is 1. The van der Waals surface area contributed by atoms with Crippen LogP contribution < -0.4 is 18.9 Å². The van der Waals surface area contributed by atoms with Gasteiger partial charge in [0.1, 0.15) is 0 Å². The van der Waals surface area contributed by atoms with Crippen LogP contribution >= 0.6 is 0 Å². The van der Waals surface area contributed by atoms with Crippen LogP contribution in [0, 0.1) is 17.0 Å². The van der Waals surface area contributed by atoms with Crippen LogP contribution in [-0.2, 0) is 0 Å². The average molecular weight is 443 g/mol. The van der Waals surface area contributed by atoms with Gasteiger partial charge >= 0.3 is 5.69 Å². The minimum Gasteiger partial charge on any atom is -0.493 e. The number of carbonyl (C=O) groups is 1. The highest BCUT2D eigenvalue weighted by Crippen LogP contribution is 2.39. The number of imidazole rings is 1. The first-order chi connectivity index (χ1) is 15.3. The molecule has 11 nitrogen and oxygen atoms in total. The summed E-state index contributed by atoms with van der Waals surface area (Å²) >= 11 is 0.